The largest absolute Gasteiger partial charge is 0.476 e. The van der Waals surface area contributed by atoms with Gasteiger partial charge in [-0.05, 0) is 63.4 Å². The van der Waals surface area contributed by atoms with Gasteiger partial charge < -0.3 is 14.5 Å². The molecule has 0 aliphatic carbocycles. The number of rotatable bonds is 8. The molecule has 0 aliphatic rings. The van der Waals surface area contributed by atoms with Crippen LogP contribution in [0.15, 0.2) is 48.5 Å². The number of hydrogen-bond donors (Lipinski definition) is 1. The Kier molecular flexibility index (Phi) is 5.79. The predicted octanol–water partition coefficient (Wildman–Crippen LogP) is 4.46. The first-order valence-corrected chi connectivity index (χ1v) is 9.37. The van der Waals surface area contributed by atoms with Gasteiger partial charge in [0.2, 0.25) is 0 Å². The van der Waals surface area contributed by atoms with Crippen molar-refractivity contribution in [1.29, 1.82) is 0 Å². The van der Waals surface area contributed by atoms with Crippen LogP contribution in [0.4, 0.5) is 0 Å². The predicted molar refractivity (Wildman–Crippen MR) is 106 cm³/mol. The van der Waals surface area contributed by atoms with Crippen LogP contribution in [0.5, 0.6) is 5.75 Å². The van der Waals surface area contributed by atoms with Crippen LogP contribution in [0.1, 0.15) is 38.6 Å². The maximum Gasteiger partial charge on any atom is 0.349 e. The number of fused-ring (bicyclic) bond motifs is 1. The van der Waals surface area contributed by atoms with E-state index in [1.54, 1.807) is 20.8 Å². The molecule has 0 spiro atoms. The van der Waals surface area contributed by atoms with Gasteiger partial charge in [-0.2, -0.15) is 0 Å². The zero-order valence-corrected chi connectivity index (χ0v) is 16.1. The van der Waals surface area contributed by atoms with Gasteiger partial charge in [0.05, 0.1) is 17.6 Å². The Morgan fingerprint density at radius 1 is 1.07 bits per heavy atom. The summed E-state index contributed by atoms with van der Waals surface area (Å²) in [4.78, 5) is 19.9. The second kappa shape index (κ2) is 8.25. The normalized spacial score (nSPS) is 11.5. The molecule has 0 bridgehead atoms. The molecule has 5 heteroatoms. The Balaban J connectivity index is 1.52. The summed E-state index contributed by atoms with van der Waals surface area (Å²) in [7, 11) is 0. The summed E-state index contributed by atoms with van der Waals surface area (Å²) < 4.78 is 10.8. The van der Waals surface area contributed by atoms with E-state index in [9.17, 15) is 4.79 Å². The van der Waals surface area contributed by atoms with Gasteiger partial charge in [0.25, 0.3) is 0 Å². The summed E-state index contributed by atoms with van der Waals surface area (Å²) in [6.45, 7) is 5.56. The Bertz CT molecular complexity index is 864. The number of para-hydroxylation sites is 2. The first kappa shape index (κ1) is 19.0. The minimum atomic E-state index is -1.00. The molecule has 1 heterocycles. The Labute approximate surface area is 159 Å². The van der Waals surface area contributed by atoms with Crippen LogP contribution >= 0.6 is 0 Å². The van der Waals surface area contributed by atoms with E-state index >= 15 is 0 Å². The second-order valence-electron chi connectivity index (χ2n) is 7.03. The average Bonchev–Trinajstić information content (AvgIpc) is 3.06. The summed E-state index contributed by atoms with van der Waals surface area (Å²) in [6, 6.07) is 15.9. The fourth-order valence-electron chi connectivity index (χ4n) is 2.95. The molecular formula is C22H26N2O3. The maximum absolute atomic E-state index is 11.9. The number of nitrogens with zero attached hydrogens (tertiary/aromatic N) is 1. The van der Waals surface area contributed by atoms with E-state index in [1.165, 1.54) is 5.56 Å². The lowest BCUT2D eigenvalue weighted by Gasteiger charge is -2.24. The third kappa shape index (κ3) is 4.88. The molecule has 2 aromatic carbocycles. The van der Waals surface area contributed by atoms with Crippen molar-refractivity contribution >= 4 is 17.0 Å². The number of ether oxygens (including phenoxy) is 2. The number of nitrogens with one attached hydrogen (secondary N) is 1. The van der Waals surface area contributed by atoms with Crippen LogP contribution < -0.4 is 4.74 Å². The summed E-state index contributed by atoms with van der Waals surface area (Å²) in [5, 5.41) is 0. The Hall–Kier alpha value is -2.82. The fraction of sp³-hybridized carbons (Fsp3) is 0.364. The van der Waals surface area contributed by atoms with Gasteiger partial charge in [0, 0.05) is 6.42 Å². The topological polar surface area (TPSA) is 64.2 Å². The van der Waals surface area contributed by atoms with E-state index in [0.29, 0.717) is 12.4 Å². The lowest BCUT2D eigenvalue weighted by Crippen LogP contribution is -2.39. The summed E-state index contributed by atoms with van der Waals surface area (Å²) >= 11 is 0. The molecule has 0 saturated carbocycles. The molecule has 1 aromatic heterocycles. The number of esters is 1. The van der Waals surface area contributed by atoms with Crippen molar-refractivity contribution in [1.82, 2.24) is 9.97 Å². The number of aromatic nitrogens is 2. The minimum Gasteiger partial charge on any atom is -0.476 e. The zero-order valence-electron chi connectivity index (χ0n) is 16.1. The highest BCUT2D eigenvalue weighted by atomic mass is 16.6. The highest BCUT2D eigenvalue weighted by Gasteiger charge is 2.31. The van der Waals surface area contributed by atoms with Crippen molar-refractivity contribution in [2.75, 3.05) is 6.61 Å². The van der Waals surface area contributed by atoms with Crippen molar-refractivity contribution in [3.63, 3.8) is 0 Å². The summed E-state index contributed by atoms with van der Waals surface area (Å²) in [5.74, 6) is 1.32. The third-order valence-corrected chi connectivity index (χ3v) is 4.38. The second-order valence-corrected chi connectivity index (χ2v) is 7.03. The van der Waals surface area contributed by atoms with Crippen LogP contribution in [0.2, 0.25) is 0 Å². The number of aromatic amines is 1. The number of imidazole rings is 1. The van der Waals surface area contributed by atoms with Crippen LogP contribution in [-0.2, 0) is 22.4 Å². The first-order valence-electron chi connectivity index (χ1n) is 9.37. The van der Waals surface area contributed by atoms with Gasteiger partial charge in [0.15, 0.2) is 5.60 Å². The molecule has 142 valence electrons. The van der Waals surface area contributed by atoms with Gasteiger partial charge in [-0.15, -0.1) is 0 Å². The molecule has 0 aliphatic heterocycles. The lowest BCUT2D eigenvalue weighted by molar-refractivity contribution is -0.158. The van der Waals surface area contributed by atoms with Gasteiger partial charge in [-0.1, -0.05) is 24.3 Å². The minimum absolute atomic E-state index is 0.343. The van der Waals surface area contributed by atoms with Gasteiger partial charge in [-0.25, -0.2) is 9.78 Å². The first-order chi connectivity index (χ1) is 13.0. The summed E-state index contributed by atoms with van der Waals surface area (Å²) in [5.41, 5.74) is 2.32. The quantitative estimate of drug-likeness (QED) is 0.598. The monoisotopic (exact) mass is 366 g/mol. The van der Waals surface area contributed by atoms with Crippen molar-refractivity contribution in [3.8, 4) is 5.75 Å². The highest BCUT2D eigenvalue weighted by molar-refractivity contribution is 5.79. The van der Waals surface area contributed by atoms with E-state index in [1.807, 2.05) is 48.5 Å². The maximum atomic E-state index is 11.9. The number of benzene rings is 2. The number of carbonyl (C=O) groups is 1. The SMILES string of the molecule is CCOC(=O)C(C)(C)Oc1ccc(CCCc2nc3ccccc3[nH]2)cc1. The molecule has 0 fully saturated rings. The molecule has 3 aromatic rings. The molecule has 0 unspecified atom stereocenters. The third-order valence-electron chi connectivity index (χ3n) is 4.38. The van der Waals surface area contributed by atoms with Crippen LogP contribution in [0, 0.1) is 0 Å². The smallest absolute Gasteiger partial charge is 0.349 e. The molecule has 0 atom stereocenters. The number of hydrogen-bond acceptors (Lipinski definition) is 4. The molecular weight excluding hydrogens is 340 g/mol. The van der Waals surface area contributed by atoms with Crippen molar-refractivity contribution in [2.45, 2.75) is 45.6 Å². The zero-order chi connectivity index (χ0) is 19.3. The lowest BCUT2D eigenvalue weighted by atomic mass is 10.1. The van der Waals surface area contributed by atoms with Crippen molar-refractivity contribution in [2.24, 2.45) is 0 Å². The van der Waals surface area contributed by atoms with Crippen molar-refractivity contribution < 1.29 is 14.3 Å². The van der Waals surface area contributed by atoms with Gasteiger partial charge in [-0.3, -0.25) is 0 Å². The highest BCUT2D eigenvalue weighted by Crippen LogP contribution is 2.21. The summed E-state index contributed by atoms with van der Waals surface area (Å²) in [6.07, 6.45) is 2.87. The molecule has 5 nitrogen and oxygen atoms in total. The van der Waals surface area contributed by atoms with Crippen molar-refractivity contribution in [3.05, 3.63) is 59.9 Å². The Morgan fingerprint density at radius 2 is 1.81 bits per heavy atom. The Morgan fingerprint density at radius 3 is 2.52 bits per heavy atom. The van der Waals surface area contributed by atoms with E-state index in [0.717, 1.165) is 36.1 Å². The molecule has 27 heavy (non-hydrogen) atoms. The van der Waals surface area contributed by atoms with Gasteiger partial charge >= 0.3 is 5.97 Å². The van der Waals surface area contributed by atoms with Crippen LogP contribution in [0.25, 0.3) is 11.0 Å². The number of H-pyrrole nitrogens is 1. The molecule has 1 N–H and O–H groups in total. The molecule has 3 rings (SSSR count). The average molecular weight is 366 g/mol. The van der Waals surface area contributed by atoms with E-state index in [4.69, 9.17) is 9.47 Å². The fourth-order valence-corrected chi connectivity index (χ4v) is 2.95. The number of carbonyl (C=O) groups excluding carboxylic acids is 1. The van der Waals surface area contributed by atoms with E-state index in [2.05, 4.69) is 9.97 Å². The van der Waals surface area contributed by atoms with E-state index < -0.39 is 5.60 Å². The van der Waals surface area contributed by atoms with E-state index in [-0.39, 0.29) is 5.97 Å². The van der Waals surface area contributed by atoms with Crippen LogP contribution in [-0.4, -0.2) is 28.1 Å². The van der Waals surface area contributed by atoms with Gasteiger partial charge in [0.1, 0.15) is 11.6 Å². The molecule has 0 amide bonds. The standard InChI is InChI=1S/C22H26N2O3/c1-4-26-21(25)22(2,3)27-17-14-12-16(13-15-17)8-7-11-20-23-18-9-5-6-10-19(18)24-20/h5-6,9-10,12-15H,4,7-8,11H2,1-3H3,(H,23,24). The molecule has 0 saturated heterocycles. The van der Waals surface area contributed by atoms with Crippen LogP contribution in [0.3, 0.4) is 0 Å². The number of aryl methyl sites for hydroxylation is 2. The molecule has 0 radical (unpaired) electrons.